The van der Waals surface area contributed by atoms with Crippen LogP contribution in [0.2, 0.25) is 0 Å². The normalized spacial score (nSPS) is 17.8. The van der Waals surface area contributed by atoms with Crippen molar-refractivity contribution in [2.45, 2.75) is 32.9 Å². The Labute approximate surface area is 121 Å². The van der Waals surface area contributed by atoms with Gasteiger partial charge >= 0.3 is 6.61 Å². The van der Waals surface area contributed by atoms with Crippen molar-refractivity contribution in [2.75, 3.05) is 5.73 Å². The fourth-order valence-electron chi connectivity index (χ4n) is 2.69. The average Bonchev–Trinajstić information content (AvgIpc) is 2.76. The quantitative estimate of drug-likeness (QED) is 0.944. The number of anilines is 1. The maximum Gasteiger partial charge on any atom is 0.387 e. The van der Waals surface area contributed by atoms with Crippen LogP contribution in [0, 0.1) is 5.92 Å². The van der Waals surface area contributed by atoms with Crippen molar-refractivity contribution in [1.29, 1.82) is 0 Å². The lowest BCUT2D eigenvalue weighted by atomic mass is 10.0. The molecule has 112 valence electrons. The Hall–Kier alpha value is -2.11. The second-order valence-corrected chi connectivity index (χ2v) is 5.42. The number of benzene rings is 1. The Morgan fingerprint density at radius 1 is 1.33 bits per heavy atom. The van der Waals surface area contributed by atoms with E-state index in [4.69, 9.17) is 5.73 Å². The first-order valence-electron chi connectivity index (χ1n) is 6.94. The molecule has 0 radical (unpaired) electrons. The van der Waals surface area contributed by atoms with Crippen LogP contribution in [0.4, 0.5) is 14.6 Å². The largest absolute Gasteiger partial charge is 0.435 e. The molecule has 2 N–H and O–H groups in total. The molecule has 0 fully saturated rings. The molecule has 0 bridgehead atoms. The first-order valence-corrected chi connectivity index (χ1v) is 6.94. The zero-order valence-corrected chi connectivity index (χ0v) is 11.7. The molecule has 0 spiro atoms. The molecule has 1 aliphatic rings. The summed E-state index contributed by atoms with van der Waals surface area (Å²) in [5.41, 5.74) is 7.71. The second-order valence-electron chi connectivity index (χ2n) is 5.42. The predicted molar refractivity (Wildman–Crippen MR) is 76.2 cm³/mol. The van der Waals surface area contributed by atoms with Crippen LogP contribution < -0.4 is 10.5 Å². The number of nitrogen functional groups attached to an aromatic ring is 1. The highest BCUT2D eigenvalue weighted by atomic mass is 19.3. The minimum absolute atomic E-state index is 0.130. The maximum atomic E-state index is 12.1. The molecule has 0 amide bonds. The van der Waals surface area contributed by atoms with Crippen molar-refractivity contribution in [2.24, 2.45) is 5.92 Å². The number of hydrogen-bond acceptors (Lipinski definition) is 3. The molecule has 1 aromatic heterocycles. The number of alkyl halides is 2. The highest BCUT2D eigenvalue weighted by Gasteiger charge is 2.22. The summed E-state index contributed by atoms with van der Waals surface area (Å²) in [5.74, 6) is 2.35. The Morgan fingerprint density at radius 2 is 2.05 bits per heavy atom. The topological polar surface area (TPSA) is 53.1 Å². The molecule has 0 saturated carbocycles. The highest BCUT2D eigenvalue weighted by molar-refractivity contribution is 5.71. The summed E-state index contributed by atoms with van der Waals surface area (Å²) in [4.78, 5) is 4.59. The number of hydrogen-bond donors (Lipinski definition) is 1. The molecule has 1 aliphatic heterocycles. The summed E-state index contributed by atoms with van der Waals surface area (Å²) >= 11 is 0. The van der Waals surface area contributed by atoms with Crippen LogP contribution in [-0.4, -0.2) is 16.2 Å². The monoisotopic (exact) mass is 293 g/mol. The third kappa shape index (κ3) is 2.70. The van der Waals surface area contributed by atoms with Crippen LogP contribution in [0.3, 0.4) is 0 Å². The molecule has 2 aromatic rings. The first kappa shape index (κ1) is 13.9. The minimum Gasteiger partial charge on any atom is -0.435 e. The van der Waals surface area contributed by atoms with E-state index in [1.165, 1.54) is 12.1 Å². The van der Waals surface area contributed by atoms with Gasteiger partial charge < -0.3 is 15.0 Å². The van der Waals surface area contributed by atoms with Crippen molar-refractivity contribution >= 4 is 5.82 Å². The Balaban J connectivity index is 1.90. The maximum absolute atomic E-state index is 12.1. The number of fused-ring (bicyclic) bond motifs is 1. The SMILES string of the molecule is CC1CCc2nc(-c3ccc(OC(F)F)cc3)c(N)n2C1. The molecule has 0 aliphatic carbocycles. The van der Waals surface area contributed by atoms with Gasteiger partial charge in [-0.15, -0.1) is 0 Å². The Bertz CT molecular complexity index is 637. The van der Waals surface area contributed by atoms with E-state index < -0.39 is 6.61 Å². The van der Waals surface area contributed by atoms with Crippen molar-refractivity contribution in [3.05, 3.63) is 30.1 Å². The molecular weight excluding hydrogens is 276 g/mol. The molecule has 4 nitrogen and oxygen atoms in total. The number of rotatable bonds is 3. The van der Waals surface area contributed by atoms with Gasteiger partial charge in [0.05, 0.1) is 0 Å². The van der Waals surface area contributed by atoms with E-state index >= 15 is 0 Å². The fourth-order valence-corrected chi connectivity index (χ4v) is 2.69. The van der Waals surface area contributed by atoms with E-state index in [1.54, 1.807) is 12.1 Å². The van der Waals surface area contributed by atoms with Crippen LogP contribution in [0.1, 0.15) is 19.2 Å². The Kier molecular flexibility index (Phi) is 3.53. The van der Waals surface area contributed by atoms with Gasteiger partial charge in [0, 0.05) is 18.5 Å². The zero-order valence-electron chi connectivity index (χ0n) is 11.7. The molecule has 1 aromatic carbocycles. The molecule has 3 rings (SSSR count). The van der Waals surface area contributed by atoms with Crippen molar-refractivity contribution in [1.82, 2.24) is 9.55 Å². The van der Waals surface area contributed by atoms with Crippen molar-refractivity contribution in [3.8, 4) is 17.0 Å². The number of nitrogens with zero attached hydrogens (tertiary/aromatic N) is 2. The van der Waals surface area contributed by atoms with Gasteiger partial charge in [-0.05, 0) is 36.6 Å². The van der Waals surface area contributed by atoms with Crippen LogP contribution >= 0.6 is 0 Å². The number of imidazole rings is 1. The van der Waals surface area contributed by atoms with E-state index in [0.717, 1.165) is 30.8 Å². The first-order chi connectivity index (χ1) is 10.0. The van der Waals surface area contributed by atoms with Gasteiger partial charge in [0.1, 0.15) is 23.1 Å². The molecule has 1 unspecified atom stereocenters. The summed E-state index contributed by atoms with van der Waals surface area (Å²) in [6.07, 6.45) is 2.02. The van der Waals surface area contributed by atoms with Crippen LogP contribution in [0.5, 0.6) is 5.75 Å². The third-order valence-corrected chi connectivity index (χ3v) is 3.79. The van der Waals surface area contributed by atoms with E-state index in [2.05, 4.69) is 16.6 Å². The fraction of sp³-hybridized carbons (Fsp3) is 0.400. The number of nitrogens with two attached hydrogens (primary N) is 1. The Morgan fingerprint density at radius 3 is 2.71 bits per heavy atom. The number of aromatic nitrogens is 2. The number of aryl methyl sites for hydroxylation is 1. The van der Waals surface area contributed by atoms with Gasteiger partial charge in [0.2, 0.25) is 0 Å². The highest BCUT2D eigenvalue weighted by Crippen LogP contribution is 2.31. The zero-order chi connectivity index (χ0) is 15.0. The minimum atomic E-state index is -2.82. The summed E-state index contributed by atoms with van der Waals surface area (Å²) < 4.78 is 30.7. The summed E-state index contributed by atoms with van der Waals surface area (Å²) in [6, 6.07) is 6.40. The van der Waals surface area contributed by atoms with Crippen LogP contribution in [0.15, 0.2) is 24.3 Å². The molecule has 21 heavy (non-hydrogen) atoms. The summed E-state index contributed by atoms with van der Waals surface area (Å²) in [6.45, 7) is 0.251. The third-order valence-electron chi connectivity index (χ3n) is 3.79. The van der Waals surface area contributed by atoms with Crippen LogP contribution in [0.25, 0.3) is 11.3 Å². The number of ether oxygens (including phenoxy) is 1. The van der Waals surface area contributed by atoms with Crippen LogP contribution in [-0.2, 0) is 13.0 Å². The van der Waals surface area contributed by atoms with Gasteiger partial charge in [0.25, 0.3) is 0 Å². The molecule has 1 atom stereocenters. The number of halogens is 2. The average molecular weight is 293 g/mol. The smallest absolute Gasteiger partial charge is 0.387 e. The summed E-state index contributed by atoms with van der Waals surface area (Å²) in [7, 11) is 0. The molecule has 0 saturated heterocycles. The second kappa shape index (κ2) is 5.35. The van der Waals surface area contributed by atoms with Gasteiger partial charge in [0.15, 0.2) is 0 Å². The lowest BCUT2D eigenvalue weighted by molar-refractivity contribution is -0.0498. The van der Waals surface area contributed by atoms with Crippen molar-refractivity contribution < 1.29 is 13.5 Å². The van der Waals surface area contributed by atoms with Gasteiger partial charge in [-0.1, -0.05) is 6.92 Å². The lowest BCUT2D eigenvalue weighted by Crippen LogP contribution is -2.19. The van der Waals surface area contributed by atoms with E-state index in [1.807, 2.05) is 4.57 Å². The van der Waals surface area contributed by atoms with E-state index in [-0.39, 0.29) is 5.75 Å². The molecule has 6 heteroatoms. The van der Waals surface area contributed by atoms with E-state index in [0.29, 0.717) is 17.4 Å². The van der Waals surface area contributed by atoms with Gasteiger partial charge in [-0.25, -0.2) is 4.98 Å². The predicted octanol–water partition coefficient (Wildman–Crippen LogP) is 3.32. The van der Waals surface area contributed by atoms with E-state index in [9.17, 15) is 8.78 Å². The van der Waals surface area contributed by atoms with Crippen molar-refractivity contribution in [3.63, 3.8) is 0 Å². The summed E-state index contributed by atoms with van der Waals surface area (Å²) in [5, 5.41) is 0. The molecular formula is C15H17F2N3O. The lowest BCUT2D eigenvalue weighted by Gasteiger charge is -2.20. The van der Waals surface area contributed by atoms with Gasteiger partial charge in [-0.2, -0.15) is 8.78 Å². The molecule has 2 heterocycles. The van der Waals surface area contributed by atoms with Gasteiger partial charge in [-0.3, -0.25) is 0 Å². The standard InChI is InChI=1S/C15H17F2N3O/c1-9-2-7-12-19-13(14(18)20(12)8-9)10-3-5-11(6-4-10)21-15(16)17/h3-6,9,15H,2,7-8,18H2,1H3.